The number of Topliss-reactive ketones (excluding diaryl/α,β-unsaturated/α-hetero) is 1. The summed E-state index contributed by atoms with van der Waals surface area (Å²) in [4.78, 5) is 23.5. The largest absolute Gasteiger partial charge is 0.293 e. The number of aromatic nitrogens is 3. The Kier molecular flexibility index (Phi) is 2.55. The molecule has 15 heavy (non-hydrogen) atoms. The average molecular weight is 219 g/mol. The van der Waals surface area contributed by atoms with E-state index in [1.807, 2.05) is 6.92 Å². The average Bonchev–Trinajstić information content (AvgIpc) is 2.68. The van der Waals surface area contributed by atoms with Crippen molar-refractivity contribution in [3.63, 3.8) is 0 Å². The quantitative estimate of drug-likeness (QED) is 0.726. The van der Waals surface area contributed by atoms with E-state index in [1.54, 1.807) is 17.8 Å². The van der Waals surface area contributed by atoms with Crippen molar-refractivity contribution >= 4 is 17.1 Å². The van der Waals surface area contributed by atoms with E-state index < -0.39 is 0 Å². The summed E-state index contributed by atoms with van der Waals surface area (Å²) >= 11 is 1.38. The Morgan fingerprint density at radius 1 is 1.33 bits per heavy atom. The Morgan fingerprint density at radius 2 is 2.00 bits per heavy atom. The molecule has 0 aromatic carbocycles. The molecule has 2 heterocycles. The van der Waals surface area contributed by atoms with Gasteiger partial charge in [0, 0.05) is 24.7 Å². The zero-order valence-corrected chi connectivity index (χ0v) is 9.21. The molecule has 0 fully saturated rings. The first kappa shape index (κ1) is 9.92. The van der Waals surface area contributed by atoms with Gasteiger partial charge in [-0.05, 0) is 12.5 Å². The highest BCUT2D eigenvalue weighted by molar-refractivity contribution is 7.13. The molecule has 4 nitrogen and oxygen atoms in total. The number of carbonyl (C=O) groups excluding carboxylic acids is 1. The van der Waals surface area contributed by atoms with Gasteiger partial charge in [-0.25, -0.2) is 15.0 Å². The number of hydrogen-bond donors (Lipinski definition) is 0. The van der Waals surface area contributed by atoms with Gasteiger partial charge in [-0.2, -0.15) is 0 Å². The van der Waals surface area contributed by atoms with Crippen LogP contribution >= 0.6 is 11.3 Å². The molecule has 0 aliphatic heterocycles. The lowest BCUT2D eigenvalue weighted by atomic mass is 10.3. The second-order valence-electron chi connectivity index (χ2n) is 3.18. The van der Waals surface area contributed by atoms with Crippen molar-refractivity contribution in [2.75, 3.05) is 0 Å². The summed E-state index contributed by atoms with van der Waals surface area (Å²) < 4.78 is 0. The fourth-order valence-corrected chi connectivity index (χ4v) is 1.84. The number of rotatable bonds is 2. The van der Waals surface area contributed by atoms with E-state index in [0.717, 1.165) is 5.56 Å². The number of nitrogens with zero attached hydrogens (tertiary/aromatic N) is 3. The van der Waals surface area contributed by atoms with Crippen molar-refractivity contribution in [2.45, 2.75) is 13.8 Å². The number of aryl methyl sites for hydroxylation is 1. The van der Waals surface area contributed by atoms with Crippen LogP contribution in [0.15, 0.2) is 17.8 Å². The Morgan fingerprint density at radius 3 is 2.53 bits per heavy atom. The first-order valence-corrected chi connectivity index (χ1v) is 5.30. The predicted molar refractivity (Wildman–Crippen MR) is 57.9 cm³/mol. The third-order valence-electron chi connectivity index (χ3n) is 1.84. The summed E-state index contributed by atoms with van der Waals surface area (Å²) in [7, 11) is 0. The van der Waals surface area contributed by atoms with Crippen LogP contribution in [0.3, 0.4) is 0 Å². The van der Waals surface area contributed by atoms with Crippen molar-refractivity contribution in [3.8, 4) is 10.8 Å². The maximum Gasteiger partial charge on any atom is 0.188 e. The SMILES string of the molecule is CC(=O)c1csc(-c2ncc(C)cn2)n1. The van der Waals surface area contributed by atoms with Gasteiger partial charge in [0.25, 0.3) is 0 Å². The summed E-state index contributed by atoms with van der Waals surface area (Å²) in [5.74, 6) is 0.530. The smallest absolute Gasteiger partial charge is 0.188 e. The van der Waals surface area contributed by atoms with Gasteiger partial charge < -0.3 is 0 Å². The molecular weight excluding hydrogens is 210 g/mol. The molecule has 2 aromatic heterocycles. The van der Waals surface area contributed by atoms with E-state index in [9.17, 15) is 4.79 Å². The molecule has 0 saturated heterocycles. The van der Waals surface area contributed by atoms with Gasteiger partial charge >= 0.3 is 0 Å². The van der Waals surface area contributed by atoms with E-state index in [0.29, 0.717) is 16.5 Å². The topological polar surface area (TPSA) is 55.7 Å². The van der Waals surface area contributed by atoms with Gasteiger partial charge in [-0.1, -0.05) is 0 Å². The van der Waals surface area contributed by atoms with E-state index >= 15 is 0 Å². The van der Waals surface area contributed by atoms with Gasteiger partial charge in [0.2, 0.25) is 0 Å². The number of ketones is 1. The van der Waals surface area contributed by atoms with E-state index in [4.69, 9.17) is 0 Å². The molecule has 2 rings (SSSR count). The van der Waals surface area contributed by atoms with Crippen LogP contribution in [-0.2, 0) is 0 Å². The van der Waals surface area contributed by atoms with Crippen molar-refractivity contribution in [3.05, 3.63) is 29.0 Å². The highest BCUT2D eigenvalue weighted by Gasteiger charge is 2.09. The molecule has 0 aliphatic rings. The van der Waals surface area contributed by atoms with E-state index in [1.165, 1.54) is 18.3 Å². The highest BCUT2D eigenvalue weighted by Crippen LogP contribution is 2.19. The van der Waals surface area contributed by atoms with Crippen LogP contribution in [0.5, 0.6) is 0 Å². The molecule has 0 saturated carbocycles. The van der Waals surface area contributed by atoms with Crippen LogP contribution in [0.25, 0.3) is 10.8 Å². The highest BCUT2D eigenvalue weighted by atomic mass is 32.1. The van der Waals surface area contributed by atoms with Crippen LogP contribution < -0.4 is 0 Å². The summed E-state index contributed by atoms with van der Waals surface area (Å²) in [5.41, 5.74) is 1.47. The molecule has 0 spiro atoms. The van der Waals surface area contributed by atoms with Crippen LogP contribution in [0.2, 0.25) is 0 Å². The second-order valence-corrected chi connectivity index (χ2v) is 4.04. The Bertz CT molecular complexity index is 490. The van der Waals surface area contributed by atoms with Crippen molar-refractivity contribution in [2.24, 2.45) is 0 Å². The molecule has 0 radical (unpaired) electrons. The van der Waals surface area contributed by atoms with Gasteiger partial charge in [0.1, 0.15) is 5.69 Å². The molecular formula is C10H9N3OS. The number of hydrogen-bond acceptors (Lipinski definition) is 5. The molecule has 0 unspecified atom stereocenters. The van der Waals surface area contributed by atoms with Crippen LogP contribution in [0.4, 0.5) is 0 Å². The molecule has 0 aliphatic carbocycles. The first-order chi connectivity index (χ1) is 7.16. The standard InChI is InChI=1S/C10H9N3OS/c1-6-3-11-9(12-4-6)10-13-8(5-15-10)7(2)14/h3-5H,1-2H3. The molecule has 0 atom stereocenters. The van der Waals surface area contributed by atoms with Crippen LogP contribution in [-0.4, -0.2) is 20.7 Å². The lowest BCUT2D eigenvalue weighted by molar-refractivity contribution is 0.101. The lowest BCUT2D eigenvalue weighted by Gasteiger charge is -1.94. The van der Waals surface area contributed by atoms with Crippen LogP contribution in [0, 0.1) is 6.92 Å². The number of thiazole rings is 1. The minimum atomic E-state index is -0.0374. The first-order valence-electron chi connectivity index (χ1n) is 4.42. The zero-order chi connectivity index (χ0) is 10.8. The van der Waals surface area contributed by atoms with Gasteiger partial charge in [0.15, 0.2) is 16.6 Å². The van der Waals surface area contributed by atoms with Crippen molar-refractivity contribution in [1.82, 2.24) is 15.0 Å². The lowest BCUT2D eigenvalue weighted by Crippen LogP contribution is -1.93. The summed E-state index contributed by atoms with van der Waals surface area (Å²) in [5, 5.41) is 2.40. The second kappa shape index (κ2) is 3.86. The van der Waals surface area contributed by atoms with Crippen LogP contribution in [0.1, 0.15) is 23.0 Å². The third kappa shape index (κ3) is 2.07. The molecule has 0 bridgehead atoms. The Labute approximate surface area is 91.0 Å². The molecule has 5 heteroatoms. The third-order valence-corrected chi connectivity index (χ3v) is 2.68. The maximum atomic E-state index is 11.0. The molecule has 0 amide bonds. The molecule has 2 aromatic rings. The zero-order valence-electron chi connectivity index (χ0n) is 8.39. The fraction of sp³-hybridized carbons (Fsp3) is 0.200. The van der Waals surface area contributed by atoms with Gasteiger partial charge in [-0.3, -0.25) is 4.79 Å². The summed E-state index contributed by atoms with van der Waals surface area (Å²) in [6.07, 6.45) is 3.47. The van der Waals surface area contributed by atoms with E-state index in [2.05, 4.69) is 15.0 Å². The predicted octanol–water partition coefficient (Wildman–Crippen LogP) is 2.11. The van der Waals surface area contributed by atoms with Crippen molar-refractivity contribution in [1.29, 1.82) is 0 Å². The normalized spacial score (nSPS) is 10.3. The van der Waals surface area contributed by atoms with Gasteiger partial charge in [-0.15, -0.1) is 11.3 Å². The fourth-order valence-electron chi connectivity index (χ4n) is 1.04. The molecule has 76 valence electrons. The summed E-state index contributed by atoms with van der Waals surface area (Å²) in [6, 6.07) is 0. The maximum absolute atomic E-state index is 11.0. The van der Waals surface area contributed by atoms with E-state index in [-0.39, 0.29) is 5.78 Å². The Hall–Kier alpha value is -1.62. The van der Waals surface area contributed by atoms with Crippen molar-refractivity contribution < 1.29 is 4.79 Å². The minimum Gasteiger partial charge on any atom is -0.293 e. The monoisotopic (exact) mass is 219 g/mol. The molecule has 0 N–H and O–H groups in total. The number of carbonyl (C=O) groups is 1. The summed E-state index contributed by atoms with van der Waals surface area (Å²) in [6.45, 7) is 3.42. The van der Waals surface area contributed by atoms with Gasteiger partial charge in [0.05, 0.1) is 0 Å². The Balaban J connectivity index is 2.37. The minimum absolute atomic E-state index is 0.0374.